The summed E-state index contributed by atoms with van der Waals surface area (Å²) in [6, 6.07) is 14.0. The molecule has 0 unspecified atom stereocenters. The maximum Gasteiger partial charge on any atom is 0.238 e. The van der Waals surface area contributed by atoms with Crippen molar-refractivity contribution in [3.63, 3.8) is 0 Å². The molecule has 7 heteroatoms. The van der Waals surface area contributed by atoms with E-state index in [1.165, 1.54) is 0 Å². The van der Waals surface area contributed by atoms with E-state index in [-0.39, 0.29) is 24.8 Å². The lowest BCUT2D eigenvalue weighted by atomic mass is 10.3. The maximum absolute atomic E-state index is 12.0. The number of carbonyl (C=O) groups excluding carboxylic acids is 2. The first kappa shape index (κ1) is 19.2. The van der Waals surface area contributed by atoms with Crippen molar-refractivity contribution in [2.24, 2.45) is 0 Å². The fourth-order valence-corrected chi connectivity index (χ4v) is 2.53. The van der Waals surface area contributed by atoms with E-state index in [9.17, 15) is 9.59 Å². The SMILES string of the molecule is CN(CCC(=O)Nc1cccc(Cl)c1)CC(=O)Nc1ccccc1Cl. The van der Waals surface area contributed by atoms with Crippen molar-refractivity contribution >= 4 is 46.4 Å². The monoisotopic (exact) mass is 379 g/mol. The highest BCUT2D eigenvalue weighted by Gasteiger charge is 2.10. The van der Waals surface area contributed by atoms with Crippen LogP contribution >= 0.6 is 23.2 Å². The Hall–Kier alpha value is -2.08. The van der Waals surface area contributed by atoms with Gasteiger partial charge in [-0.05, 0) is 37.4 Å². The number of rotatable bonds is 7. The van der Waals surface area contributed by atoms with Crippen molar-refractivity contribution in [3.8, 4) is 0 Å². The predicted octanol–water partition coefficient (Wildman–Crippen LogP) is 3.89. The van der Waals surface area contributed by atoms with E-state index in [0.29, 0.717) is 28.0 Å². The van der Waals surface area contributed by atoms with Crippen molar-refractivity contribution in [2.75, 3.05) is 30.8 Å². The Kier molecular flexibility index (Phi) is 7.25. The van der Waals surface area contributed by atoms with Gasteiger partial charge in [0.1, 0.15) is 0 Å². The number of nitrogens with zero attached hydrogens (tertiary/aromatic N) is 1. The van der Waals surface area contributed by atoms with Crippen LogP contribution in [-0.4, -0.2) is 36.9 Å². The van der Waals surface area contributed by atoms with Crippen molar-refractivity contribution in [1.29, 1.82) is 0 Å². The summed E-state index contributed by atoms with van der Waals surface area (Å²) in [7, 11) is 1.78. The van der Waals surface area contributed by atoms with Gasteiger partial charge in [-0.3, -0.25) is 14.5 Å². The molecule has 132 valence electrons. The molecule has 0 spiro atoms. The molecule has 2 aromatic rings. The number of hydrogen-bond donors (Lipinski definition) is 2. The molecule has 5 nitrogen and oxygen atoms in total. The Labute approximate surface area is 156 Å². The first-order valence-electron chi connectivity index (χ1n) is 7.72. The number of benzene rings is 2. The van der Waals surface area contributed by atoms with Crippen LogP contribution < -0.4 is 10.6 Å². The van der Waals surface area contributed by atoms with Gasteiger partial charge in [0.15, 0.2) is 0 Å². The Morgan fingerprint density at radius 3 is 2.48 bits per heavy atom. The molecule has 25 heavy (non-hydrogen) atoms. The quantitative estimate of drug-likeness (QED) is 0.766. The zero-order chi connectivity index (χ0) is 18.2. The van der Waals surface area contributed by atoms with Gasteiger partial charge in [-0.1, -0.05) is 41.4 Å². The van der Waals surface area contributed by atoms with Crippen molar-refractivity contribution < 1.29 is 9.59 Å². The standard InChI is InChI=1S/C18H19Cl2N3O2/c1-23(12-18(25)22-16-8-3-2-7-15(16)20)10-9-17(24)21-14-6-4-5-13(19)11-14/h2-8,11H,9-10,12H2,1H3,(H,21,24)(H,22,25). The van der Waals surface area contributed by atoms with Gasteiger partial charge >= 0.3 is 0 Å². The second-order valence-corrected chi connectivity index (χ2v) is 6.42. The van der Waals surface area contributed by atoms with Crippen LogP contribution in [0, 0.1) is 0 Å². The molecule has 0 saturated heterocycles. The highest BCUT2D eigenvalue weighted by atomic mass is 35.5. The summed E-state index contributed by atoms with van der Waals surface area (Å²) in [6.45, 7) is 0.609. The van der Waals surface area contributed by atoms with E-state index >= 15 is 0 Å². The average Bonchev–Trinajstić information content (AvgIpc) is 2.55. The molecule has 0 radical (unpaired) electrons. The molecular formula is C18H19Cl2N3O2. The minimum Gasteiger partial charge on any atom is -0.326 e. The molecular weight excluding hydrogens is 361 g/mol. The number of amides is 2. The number of likely N-dealkylation sites (N-methyl/N-ethyl adjacent to an activating group) is 1. The molecule has 2 aromatic carbocycles. The van der Waals surface area contributed by atoms with Gasteiger partial charge in [-0.15, -0.1) is 0 Å². The molecule has 0 heterocycles. The third-order valence-corrected chi connectivity index (χ3v) is 3.96. The number of carbonyl (C=O) groups is 2. The lowest BCUT2D eigenvalue weighted by molar-refractivity contribution is -0.119. The van der Waals surface area contributed by atoms with E-state index in [4.69, 9.17) is 23.2 Å². The van der Waals surface area contributed by atoms with Gasteiger partial charge in [0.05, 0.1) is 17.3 Å². The number of hydrogen-bond acceptors (Lipinski definition) is 3. The fraction of sp³-hybridized carbons (Fsp3) is 0.222. The molecule has 0 fully saturated rings. The molecule has 0 atom stereocenters. The zero-order valence-electron chi connectivity index (χ0n) is 13.8. The van der Waals surface area contributed by atoms with E-state index in [2.05, 4.69) is 10.6 Å². The third kappa shape index (κ3) is 6.74. The summed E-state index contributed by atoms with van der Waals surface area (Å²) in [5.74, 6) is -0.327. The van der Waals surface area contributed by atoms with E-state index in [1.54, 1.807) is 60.5 Å². The van der Waals surface area contributed by atoms with Crippen molar-refractivity contribution in [3.05, 3.63) is 58.6 Å². The normalized spacial score (nSPS) is 10.6. The first-order valence-corrected chi connectivity index (χ1v) is 8.48. The molecule has 0 saturated carbocycles. The van der Waals surface area contributed by atoms with Gasteiger partial charge in [-0.25, -0.2) is 0 Å². The molecule has 0 aliphatic carbocycles. The van der Waals surface area contributed by atoms with Gasteiger partial charge in [0, 0.05) is 23.7 Å². The molecule has 0 bridgehead atoms. The molecule has 0 aliphatic heterocycles. The van der Waals surface area contributed by atoms with Gasteiger partial charge in [0.2, 0.25) is 11.8 Å². The minimum atomic E-state index is -0.189. The minimum absolute atomic E-state index is 0.138. The Bertz CT molecular complexity index is 753. The number of halogens is 2. The Morgan fingerprint density at radius 1 is 1.00 bits per heavy atom. The molecule has 2 N–H and O–H groups in total. The molecule has 2 amide bonds. The number of anilines is 2. The van der Waals surface area contributed by atoms with Gasteiger partial charge in [0.25, 0.3) is 0 Å². The van der Waals surface area contributed by atoms with Crippen LogP contribution in [0.25, 0.3) is 0 Å². The van der Waals surface area contributed by atoms with Crippen LogP contribution in [0.4, 0.5) is 11.4 Å². The molecule has 2 rings (SSSR count). The maximum atomic E-state index is 12.0. The highest BCUT2D eigenvalue weighted by molar-refractivity contribution is 6.33. The zero-order valence-corrected chi connectivity index (χ0v) is 15.3. The topological polar surface area (TPSA) is 61.4 Å². The van der Waals surface area contributed by atoms with Crippen LogP contribution in [-0.2, 0) is 9.59 Å². The van der Waals surface area contributed by atoms with E-state index in [0.717, 1.165) is 0 Å². The van der Waals surface area contributed by atoms with Crippen LogP contribution in [0.2, 0.25) is 10.0 Å². The van der Waals surface area contributed by atoms with Crippen molar-refractivity contribution in [1.82, 2.24) is 4.90 Å². The molecule has 0 aliphatic rings. The summed E-state index contributed by atoms with van der Waals surface area (Å²) in [4.78, 5) is 25.7. The van der Waals surface area contributed by atoms with Crippen LogP contribution in [0.5, 0.6) is 0 Å². The van der Waals surface area contributed by atoms with Gasteiger partial charge in [-0.2, -0.15) is 0 Å². The number of para-hydroxylation sites is 1. The van der Waals surface area contributed by atoms with Crippen LogP contribution in [0.15, 0.2) is 48.5 Å². The van der Waals surface area contributed by atoms with E-state index < -0.39 is 0 Å². The van der Waals surface area contributed by atoms with Gasteiger partial charge < -0.3 is 10.6 Å². The third-order valence-electron chi connectivity index (χ3n) is 3.39. The smallest absolute Gasteiger partial charge is 0.238 e. The summed E-state index contributed by atoms with van der Waals surface area (Å²) >= 11 is 11.9. The average molecular weight is 380 g/mol. The number of nitrogens with one attached hydrogen (secondary N) is 2. The largest absolute Gasteiger partial charge is 0.326 e. The van der Waals surface area contributed by atoms with E-state index in [1.807, 2.05) is 0 Å². The summed E-state index contributed by atoms with van der Waals surface area (Å²) in [5.41, 5.74) is 1.22. The fourth-order valence-electron chi connectivity index (χ4n) is 2.16. The van der Waals surface area contributed by atoms with Crippen LogP contribution in [0.1, 0.15) is 6.42 Å². The summed E-state index contributed by atoms with van der Waals surface area (Å²) in [5, 5.41) is 6.56. The molecule has 0 aromatic heterocycles. The summed E-state index contributed by atoms with van der Waals surface area (Å²) < 4.78 is 0. The Morgan fingerprint density at radius 2 is 1.76 bits per heavy atom. The summed E-state index contributed by atoms with van der Waals surface area (Å²) in [6.07, 6.45) is 0.266. The second kappa shape index (κ2) is 9.42. The second-order valence-electron chi connectivity index (χ2n) is 5.57. The Balaban J connectivity index is 1.74. The predicted molar refractivity (Wildman–Crippen MR) is 102 cm³/mol. The van der Waals surface area contributed by atoms with Crippen molar-refractivity contribution in [2.45, 2.75) is 6.42 Å². The highest BCUT2D eigenvalue weighted by Crippen LogP contribution is 2.20. The first-order chi connectivity index (χ1) is 11.9. The lowest BCUT2D eigenvalue weighted by Crippen LogP contribution is -2.32. The lowest BCUT2D eigenvalue weighted by Gasteiger charge is -2.16. The van der Waals surface area contributed by atoms with Crippen LogP contribution in [0.3, 0.4) is 0 Å².